The van der Waals surface area contributed by atoms with Crippen molar-refractivity contribution in [1.82, 2.24) is 0 Å². The van der Waals surface area contributed by atoms with Gasteiger partial charge in [-0.3, -0.25) is 0 Å². The lowest BCUT2D eigenvalue weighted by molar-refractivity contribution is 1.28. The lowest BCUT2D eigenvalue weighted by Crippen LogP contribution is -2.10. The molecule has 0 saturated carbocycles. The number of thiophene rings is 1. The molecule has 0 radical (unpaired) electrons. The summed E-state index contributed by atoms with van der Waals surface area (Å²) >= 11 is 1.86. The van der Waals surface area contributed by atoms with E-state index in [0.29, 0.717) is 0 Å². The van der Waals surface area contributed by atoms with Gasteiger partial charge in [-0.1, -0.05) is 103 Å². The molecule has 0 amide bonds. The molecule has 0 aliphatic rings. The van der Waals surface area contributed by atoms with Gasteiger partial charge in [-0.15, -0.1) is 11.3 Å². The number of nitrogens with zero attached hydrogens (tertiary/aromatic N) is 1. The van der Waals surface area contributed by atoms with E-state index in [1.807, 2.05) is 11.3 Å². The van der Waals surface area contributed by atoms with Gasteiger partial charge in [-0.05, 0) is 93.7 Å². The molecule has 0 bridgehead atoms. The van der Waals surface area contributed by atoms with Crippen LogP contribution in [0.3, 0.4) is 0 Å². The number of hydrogen-bond donors (Lipinski definition) is 0. The molecule has 42 heavy (non-hydrogen) atoms. The van der Waals surface area contributed by atoms with Crippen molar-refractivity contribution >= 4 is 59.3 Å². The van der Waals surface area contributed by atoms with Crippen molar-refractivity contribution in [2.75, 3.05) is 4.90 Å². The summed E-state index contributed by atoms with van der Waals surface area (Å²) in [5.41, 5.74) is 8.23. The van der Waals surface area contributed by atoms with Crippen molar-refractivity contribution in [1.29, 1.82) is 0 Å². The zero-order chi connectivity index (χ0) is 27.9. The molecular weight excluding hydrogens is 527 g/mol. The van der Waals surface area contributed by atoms with Crippen LogP contribution in [0.1, 0.15) is 0 Å². The normalized spacial score (nSPS) is 11.3. The van der Waals surface area contributed by atoms with Crippen LogP contribution in [0.2, 0.25) is 0 Å². The molecule has 0 spiro atoms. The van der Waals surface area contributed by atoms with Crippen LogP contribution >= 0.6 is 11.3 Å². The zero-order valence-corrected chi connectivity index (χ0v) is 23.8. The van der Waals surface area contributed by atoms with Gasteiger partial charge in [0.2, 0.25) is 0 Å². The second-order valence-corrected chi connectivity index (χ2v) is 11.7. The predicted octanol–water partition coefficient (Wildman–Crippen LogP) is 12.0. The molecule has 0 saturated heterocycles. The standard InChI is InChI=1S/C40H27NS/c1-2-14-34(15-3-1)41(35-16-8-12-30(25-35)32-21-20-28-10-4-5-11-29(28)24-32)36-17-9-13-31(26-36)33-22-23-40-38(27-33)37-18-6-7-19-39(37)42-40/h1-27H. The van der Waals surface area contributed by atoms with Gasteiger partial charge in [0.15, 0.2) is 0 Å². The van der Waals surface area contributed by atoms with Gasteiger partial charge >= 0.3 is 0 Å². The average molecular weight is 554 g/mol. The minimum absolute atomic E-state index is 1.13. The Balaban J connectivity index is 1.24. The van der Waals surface area contributed by atoms with E-state index >= 15 is 0 Å². The Bertz CT molecular complexity index is 2210. The smallest absolute Gasteiger partial charge is 0.0467 e. The average Bonchev–Trinajstić information content (AvgIpc) is 3.43. The van der Waals surface area contributed by atoms with Crippen molar-refractivity contribution in [2.24, 2.45) is 0 Å². The maximum atomic E-state index is 2.35. The fourth-order valence-corrected chi connectivity index (χ4v) is 7.03. The van der Waals surface area contributed by atoms with E-state index in [-0.39, 0.29) is 0 Å². The maximum Gasteiger partial charge on any atom is 0.0467 e. The fourth-order valence-electron chi connectivity index (χ4n) is 5.95. The van der Waals surface area contributed by atoms with Crippen LogP contribution in [0.25, 0.3) is 53.2 Å². The molecule has 8 aromatic rings. The Labute approximate surface area is 249 Å². The first-order chi connectivity index (χ1) is 20.8. The number of rotatable bonds is 5. The van der Waals surface area contributed by atoms with Crippen LogP contribution in [0.15, 0.2) is 164 Å². The predicted molar refractivity (Wildman–Crippen MR) is 182 cm³/mol. The fraction of sp³-hybridized carbons (Fsp3) is 0. The van der Waals surface area contributed by atoms with Gasteiger partial charge in [-0.2, -0.15) is 0 Å². The first kappa shape index (κ1) is 24.6. The minimum atomic E-state index is 1.13. The van der Waals surface area contributed by atoms with Crippen LogP contribution in [0, 0.1) is 0 Å². The summed E-state index contributed by atoms with van der Waals surface area (Å²) in [5, 5.41) is 5.16. The summed E-state index contributed by atoms with van der Waals surface area (Å²) < 4.78 is 2.66. The first-order valence-electron chi connectivity index (χ1n) is 14.3. The summed E-state index contributed by atoms with van der Waals surface area (Å²) in [4.78, 5) is 2.35. The molecule has 0 aliphatic heterocycles. The number of hydrogen-bond acceptors (Lipinski definition) is 2. The van der Waals surface area contributed by atoms with Crippen molar-refractivity contribution in [3.63, 3.8) is 0 Å². The lowest BCUT2D eigenvalue weighted by atomic mass is 10.00. The number of anilines is 3. The Hall–Kier alpha value is -5.18. The third-order valence-electron chi connectivity index (χ3n) is 8.02. The summed E-state index contributed by atoms with van der Waals surface area (Å²) in [5.74, 6) is 0. The molecule has 0 N–H and O–H groups in total. The minimum Gasteiger partial charge on any atom is -0.310 e. The second kappa shape index (κ2) is 10.3. The monoisotopic (exact) mass is 553 g/mol. The molecule has 2 heteroatoms. The molecule has 1 aromatic heterocycles. The van der Waals surface area contributed by atoms with Crippen molar-refractivity contribution in [3.05, 3.63) is 164 Å². The van der Waals surface area contributed by atoms with Gasteiger partial charge in [0.25, 0.3) is 0 Å². The molecular formula is C40H27NS. The molecule has 198 valence electrons. The van der Waals surface area contributed by atoms with Crippen molar-refractivity contribution < 1.29 is 0 Å². The molecule has 0 aliphatic carbocycles. The molecule has 1 nitrogen and oxygen atoms in total. The van der Waals surface area contributed by atoms with E-state index in [1.54, 1.807) is 0 Å². The topological polar surface area (TPSA) is 3.24 Å². The summed E-state index contributed by atoms with van der Waals surface area (Å²) in [6, 6.07) is 59.2. The SMILES string of the molecule is c1ccc(N(c2cccc(-c3ccc4ccccc4c3)c2)c2cccc(-c3ccc4sc5ccccc5c4c3)c2)cc1. The highest BCUT2D eigenvalue weighted by Crippen LogP contribution is 2.40. The molecule has 8 rings (SSSR count). The van der Waals surface area contributed by atoms with Crippen molar-refractivity contribution in [2.45, 2.75) is 0 Å². The molecule has 0 atom stereocenters. The van der Waals surface area contributed by atoms with Crippen LogP contribution in [0.5, 0.6) is 0 Å². The van der Waals surface area contributed by atoms with Gasteiger partial charge in [0.1, 0.15) is 0 Å². The number of fused-ring (bicyclic) bond motifs is 4. The highest BCUT2D eigenvalue weighted by atomic mass is 32.1. The van der Waals surface area contributed by atoms with E-state index in [1.165, 1.54) is 53.2 Å². The maximum absolute atomic E-state index is 2.35. The van der Waals surface area contributed by atoms with E-state index in [2.05, 4.69) is 169 Å². The van der Waals surface area contributed by atoms with Crippen LogP contribution in [-0.2, 0) is 0 Å². The largest absolute Gasteiger partial charge is 0.310 e. The first-order valence-corrected chi connectivity index (χ1v) is 15.1. The highest BCUT2D eigenvalue weighted by molar-refractivity contribution is 7.25. The van der Waals surface area contributed by atoms with Gasteiger partial charge in [0, 0.05) is 37.2 Å². The van der Waals surface area contributed by atoms with Gasteiger partial charge in [0.05, 0.1) is 0 Å². The van der Waals surface area contributed by atoms with Crippen LogP contribution in [-0.4, -0.2) is 0 Å². The quantitative estimate of drug-likeness (QED) is 0.205. The second-order valence-electron chi connectivity index (χ2n) is 10.6. The van der Waals surface area contributed by atoms with Crippen LogP contribution in [0.4, 0.5) is 17.1 Å². The highest BCUT2D eigenvalue weighted by Gasteiger charge is 2.15. The van der Waals surface area contributed by atoms with E-state index in [0.717, 1.165) is 17.1 Å². The molecule has 0 unspecified atom stereocenters. The van der Waals surface area contributed by atoms with Gasteiger partial charge in [-0.25, -0.2) is 0 Å². The molecule has 0 fully saturated rings. The Morgan fingerprint density at radius 3 is 1.69 bits per heavy atom. The lowest BCUT2D eigenvalue weighted by Gasteiger charge is -2.26. The van der Waals surface area contributed by atoms with Crippen LogP contribution < -0.4 is 4.90 Å². The van der Waals surface area contributed by atoms with E-state index in [4.69, 9.17) is 0 Å². The van der Waals surface area contributed by atoms with E-state index < -0.39 is 0 Å². The number of benzene rings is 7. The third-order valence-corrected chi connectivity index (χ3v) is 9.17. The zero-order valence-electron chi connectivity index (χ0n) is 22.9. The Morgan fingerprint density at radius 1 is 0.333 bits per heavy atom. The van der Waals surface area contributed by atoms with E-state index in [9.17, 15) is 0 Å². The summed E-state index contributed by atoms with van der Waals surface area (Å²) in [7, 11) is 0. The molecule has 7 aromatic carbocycles. The Kier molecular flexibility index (Phi) is 6.05. The number of para-hydroxylation sites is 1. The van der Waals surface area contributed by atoms with Crippen molar-refractivity contribution in [3.8, 4) is 22.3 Å². The Morgan fingerprint density at radius 2 is 0.905 bits per heavy atom. The molecule has 1 heterocycles. The van der Waals surface area contributed by atoms with Gasteiger partial charge < -0.3 is 4.90 Å². The summed E-state index contributed by atoms with van der Waals surface area (Å²) in [6.07, 6.45) is 0. The third kappa shape index (κ3) is 4.43. The summed E-state index contributed by atoms with van der Waals surface area (Å²) in [6.45, 7) is 0.